The van der Waals surface area contributed by atoms with Gasteiger partial charge in [0.1, 0.15) is 17.8 Å². The molecule has 124 valence electrons. The van der Waals surface area contributed by atoms with Crippen LogP contribution in [0, 0.1) is 0 Å². The van der Waals surface area contributed by atoms with Gasteiger partial charge in [0.15, 0.2) is 5.96 Å². The Labute approximate surface area is 134 Å². The molecule has 1 unspecified atom stereocenters. The number of carbonyl (C=O) groups is 2. The monoisotopic (exact) mass is 319 g/mol. The lowest BCUT2D eigenvalue weighted by Gasteiger charge is -2.29. The van der Waals surface area contributed by atoms with Gasteiger partial charge in [0.2, 0.25) is 11.8 Å². The first kappa shape index (κ1) is 16.6. The van der Waals surface area contributed by atoms with Crippen molar-refractivity contribution < 1.29 is 14.7 Å². The molecular formula is C15H21N5O3. The number of benzene rings is 1. The second-order valence-corrected chi connectivity index (χ2v) is 5.44. The van der Waals surface area contributed by atoms with E-state index in [1.807, 2.05) is 0 Å². The number of rotatable bonds is 6. The van der Waals surface area contributed by atoms with E-state index in [4.69, 9.17) is 11.5 Å². The number of phenols is 1. The van der Waals surface area contributed by atoms with Crippen molar-refractivity contribution in [1.82, 2.24) is 10.6 Å². The van der Waals surface area contributed by atoms with Gasteiger partial charge in [-0.2, -0.15) is 0 Å². The molecule has 1 aliphatic heterocycles. The molecule has 23 heavy (non-hydrogen) atoms. The summed E-state index contributed by atoms with van der Waals surface area (Å²) in [7, 11) is 0. The fourth-order valence-corrected chi connectivity index (χ4v) is 2.39. The predicted molar refractivity (Wildman–Crippen MR) is 85.6 cm³/mol. The summed E-state index contributed by atoms with van der Waals surface area (Å²) < 4.78 is 0. The number of hydrogen-bond acceptors (Lipinski definition) is 4. The van der Waals surface area contributed by atoms with Crippen LogP contribution in [0.1, 0.15) is 18.4 Å². The molecule has 0 aromatic heterocycles. The quantitative estimate of drug-likeness (QED) is 0.259. The maximum atomic E-state index is 12.1. The number of nitrogens with one attached hydrogen (secondary N) is 2. The smallest absolute Gasteiger partial charge is 0.243 e. The molecule has 0 bridgehead atoms. The van der Waals surface area contributed by atoms with Gasteiger partial charge in [0.05, 0.1) is 0 Å². The number of hydrogen-bond donors (Lipinski definition) is 5. The van der Waals surface area contributed by atoms with Crippen molar-refractivity contribution in [2.24, 2.45) is 16.5 Å². The molecule has 0 radical (unpaired) electrons. The molecule has 0 aliphatic carbocycles. The molecule has 1 heterocycles. The second-order valence-electron chi connectivity index (χ2n) is 5.44. The number of carbonyl (C=O) groups excluding carboxylic acids is 2. The molecule has 1 aliphatic rings. The Morgan fingerprint density at radius 1 is 1.09 bits per heavy atom. The van der Waals surface area contributed by atoms with Crippen molar-refractivity contribution in [3.05, 3.63) is 29.8 Å². The largest absolute Gasteiger partial charge is 0.508 e. The lowest BCUT2D eigenvalue weighted by atomic mass is 10.00. The average molecular weight is 319 g/mol. The molecular weight excluding hydrogens is 298 g/mol. The summed E-state index contributed by atoms with van der Waals surface area (Å²) in [5, 5.41) is 14.7. The number of guanidine groups is 1. The lowest BCUT2D eigenvalue weighted by Crippen LogP contribution is -2.62. The van der Waals surface area contributed by atoms with Gasteiger partial charge < -0.3 is 27.2 Å². The summed E-state index contributed by atoms with van der Waals surface area (Å²) in [4.78, 5) is 28.0. The Morgan fingerprint density at radius 3 is 2.35 bits per heavy atom. The van der Waals surface area contributed by atoms with Crippen molar-refractivity contribution >= 4 is 17.8 Å². The van der Waals surface area contributed by atoms with Gasteiger partial charge in [-0.1, -0.05) is 12.1 Å². The molecule has 0 spiro atoms. The first-order valence-electron chi connectivity index (χ1n) is 7.40. The third kappa shape index (κ3) is 4.87. The maximum Gasteiger partial charge on any atom is 0.243 e. The zero-order chi connectivity index (χ0) is 16.8. The molecule has 8 nitrogen and oxygen atoms in total. The number of phenolic OH excluding ortho intramolecular Hbond substituents is 1. The number of piperazine rings is 1. The minimum atomic E-state index is -0.610. The Bertz CT molecular complexity index is 596. The fourth-order valence-electron chi connectivity index (χ4n) is 2.39. The topological polar surface area (TPSA) is 143 Å². The number of nitrogens with two attached hydrogens (primary N) is 2. The van der Waals surface area contributed by atoms with Crippen LogP contribution in [0.4, 0.5) is 0 Å². The van der Waals surface area contributed by atoms with E-state index in [-0.39, 0.29) is 23.5 Å². The van der Waals surface area contributed by atoms with E-state index in [2.05, 4.69) is 15.6 Å². The summed E-state index contributed by atoms with van der Waals surface area (Å²) >= 11 is 0. The van der Waals surface area contributed by atoms with E-state index < -0.39 is 12.1 Å². The van der Waals surface area contributed by atoms with Crippen LogP contribution in [-0.4, -0.2) is 41.5 Å². The Kier molecular flexibility index (Phi) is 5.40. The van der Waals surface area contributed by atoms with Gasteiger partial charge in [-0.25, -0.2) is 0 Å². The Balaban J connectivity index is 1.86. The van der Waals surface area contributed by atoms with Crippen molar-refractivity contribution in [2.75, 3.05) is 6.54 Å². The second kappa shape index (κ2) is 7.48. The highest BCUT2D eigenvalue weighted by Crippen LogP contribution is 2.13. The third-order valence-corrected chi connectivity index (χ3v) is 3.59. The van der Waals surface area contributed by atoms with Gasteiger partial charge in [0, 0.05) is 13.0 Å². The molecule has 8 heteroatoms. The van der Waals surface area contributed by atoms with E-state index in [0.717, 1.165) is 5.56 Å². The zero-order valence-corrected chi connectivity index (χ0v) is 12.7. The SMILES string of the molecule is NC(N)=NCCC[C@@H]1NC(=O)C(Cc2ccc(O)cc2)NC1=O. The molecule has 0 saturated carbocycles. The molecule has 1 aromatic rings. The van der Waals surface area contributed by atoms with Crippen LogP contribution in [0.5, 0.6) is 5.75 Å². The number of amides is 2. The third-order valence-electron chi connectivity index (χ3n) is 3.59. The van der Waals surface area contributed by atoms with Crippen LogP contribution in [0.25, 0.3) is 0 Å². The van der Waals surface area contributed by atoms with Crippen LogP contribution in [0.15, 0.2) is 29.3 Å². The first-order valence-corrected chi connectivity index (χ1v) is 7.40. The lowest BCUT2D eigenvalue weighted by molar-refractivity contribution is -0.136. The van der Waals surface area contributed by atoms with Crippen LogP contribution in [0.3, 0.4) is 0 Å². The molecule has 1 fully saturated rings. The first-order chi connectivity index (χ1) is 11.0. The standard InChI is InChI=1S/C15H21N5O3/c16-15(17)18-7-1-2-11-13(22)20-12(14(23)19-11)8-9-3-5-10(21)6-4-9/h3-6,11-12,21H,1-2,7-8H2,(H,19,23)(H,20,22)(H4,16,17,18)/t11-,12?/m0/s1. The maximum absolute atomic E-state index is 12.1. The zero-order valence-electron chi connectivity index (χ0n) is 12.7. The highest BCUT2D eigenvalue weighted by Gasteiger charge is 2.33. The normalized spacial score (nSPS) is 20.5. The minimum absolute atomic E-state index is 0.0103. The number of nitrogens with zero attached hydrogens (tertiary/aromatic N) is 1. The minimum Gasteiger partial charge on any atom is -0.508 e. The van der Waals surface area contributed by atoms with Gasteiger partial charge in [-0.05, 0) is 30.5 Å². The molecule has 1 saturated heterocycles. The molecule has 2 amide bonds. The van der Waals surface area contributed by atoms with Crippen molar-refractivity contribution in [3.8, 4) is 5.75 Å². The fraction of sp³-hybridized carbons (Fsp3) is 0.400. The number of aliphatic imine (C=N–C) groups is 1. The summed E-state index contributed by atoms with van der Waals surface area (Å²) in [6.07, 6.45) is 1.44. The van der Waals surface area contributed by atoms with E-state index in [1.165, 1.54) is 0 Å². The van der Waals surface area contributed by atoms with Crippen LogP contribution < -0.4 is 22.1 Å². The highest BCUT2D eigenvalue weighted by atomic mass is 16.3. The van der Waals surface area contributed by atoms with E-state index in [1.54, 1.807) is 24.3 Å². The van der Waals surface area contributed by atoms with E-state index >= 15 is 0 Å². The van der Waals surface area contributed by atoms with Crippen LogP contribution in [0.2, 0.25) is 0 Å². The molecule has 7 N–H and O–H groups in total. The van der Waals surface area contributed by atoms with E-state index in [9.17, 15) is 14.7 Å². The molecule has 2 rings (SSSR count). The Hall–Kier alpha value is -2.77. The predicted octanol–water partition coefficient (Wildman–Crippen LogP) is -1.03. The van der Waals surface area contributed by atoms with Crippen molar-refractivity contribution in [1.29, 1.82) is 0 Å². The Morgan fingerprint density at radius 2 is 1.70 bits per heavy atom. The van der Waals surface area contributed by atoms with Crippen LogP contribution in [-0.2, 0) is 16.0 Å². The summed E-state index contributed by atoms with van der Waals surface area (Å²) in [5.74, 6) is -0.259. The van der Waals surface area contributed by atoms with Crippen molar-refractivity contribution in [2.45, 2.75) is 31.3 Å². The highest BCUT2D eigenvalue weighted by molar-refractivity contribution is 5.97. The summed E-state index contributed by atoms with van der Waals surface area (Å²) in [6, 6.07) is 5.36. The van der Waals surface area contributed by atoms with E-state index in [0.29, 0.717) is 25.8 Å². The van der Waals surface area contributed by atoms with Gasteiger partial charge in [-0.3, -0.25) is 14.6 Å². The molecule has 1 aromatic carbocycles. The van der Waals surface area contributed by atoms with Gasteiger partial charge in [-0.15, -0.1) is 0 Å². The van der Waals surface area contributed by atoms with Crippen LogP contribution >= 0.6 is 0 Å². The van der Waals surface area contributed by atoms with Gasteiger partial charge >= 0.3 is 0 Å². The van der Waals surface area contributed by atoms with Crippen molar-refractivity contribution in [3.63, 3.8) is 0 Å². The summed E-state index contributed by atoms with van der Waals surface area (Å²) in [5.41, 5.74) is 11.3. The number of aromatic hydroxyl groups is 1. The summed E-state index contributed by atoms with van der Waals surface area (Å²) in [6.45, 7) is 0.416. The van der Waals surface area contributed by atoms with Gasteiger partial charge in [0.25, 0.3) is 0 Å². The molecule has 2 atom stereocenters. The average Bonchev–Trinajstić information content (AvgIpc) is 2.50.